The van der Waals surface area contributed by atoms with Gasteiger partial charge in [-0.3, -0.25) is 9.89 Å². The van der Waals surface area contributed by atoms with Gasteiger partial charge in [-0.25, -0.2) is 5.43 Å². The molecule has 100 valence electrons. The van der Waals surface area contributed by atoms with E-state index in [1.165, 1.54) is 12.0 Å². The van der Waals surface area contributed by atoms with E-state index in [1.807, 2.05) is 6.08 Å². The van der Waals surface area contributed by atoms with Crippen LogP contribution in [0, 0.1) is 0 Å². The fraction of sp³-hybridized carbons (Fsp3) is 0.500. The zero-order valence-corrected chi connectivity index (χ0v) is 11.1. The van der Waals surface area contributed by atoms with Crippen LogP contribution in [0.1, 0.15) is 54.4 Å². The molecule has 0 spiro atoms. The van der Waals surface area contributed by atoms with Crippen molar-refractivity contribution >= 4 is 11.6 Å². The van der Waals surface area contributed by atoms with Crippen molar-refractivity contribution in [2.24, 2.45) is 5.10 Å². The predicted octanol–water partition coefficient (Wildman–Crippen LogP) is 2.11. The van der Waals surface area contributed by atoms with Crippen LogP contribution in [0.3, 0.4) is 0 Å². The molecule has 0 saturated carbocycles. The number of amides is 1. The molecule has 0 radical (unpaired) electrons. The number of allylic oxidation sites excluding steroid dienone is 2. The van der Waals surface area contributed by atoms with Gasteiger partial charge in [0.25, 0.3) is 5.91 Å². The van der Waals surface area contributed by atoms with Gasteiger partial charge in [0.2, 0.25) is 0 Å². The third kappa shape index (κ3) is 2.45. The fourth-order valence-electron chi connectivity index (χ4n) is 2.69. The van der Waals surface area contributed by atoms with E-state index in [0.717, 1.165) is 49.1 Å². The number of hydrazone groups is 1. The maximum atomic E-state index is 12.1. The van der Waals surface area contributed by atoms with Gasteiger partial charge in [-0.15, -0.1) is 0 Å². The molecular weight excluding hydrogens is 240 g/mol. The second-order valence-corrected chi connectivity index (χ2v) is 5.27. The molecule has 0 aromatic carbocycles. The molecule has 0 atom stereocenters. The molecule has 19 heavy (non-hydrogen) atoms. The van der Waals surface area contributed by atoms with Crippen LogP contribution < -0.4 is 5.43 Å². The fourth-order valence-corrected chi connectivity index (χ4v) is 2.69. The highest BCUT2D eigenvalue weighted by Crippen LogP contribution is 2.22. The number of fused-ring (bicyclic) bond motifs is 1. The lowest BCUT2D eigenvalue weighted by atomic mass is 9.96. The Bertz CT molecular complexity index is 568. The summed E-state index contributed by atoms with van der Waals surface area (Å²) in [7, 11) is 0. The minimum atomic E-state index is -0.204. The van der Waals surface area contributed by atoms with Gasteiger partial charge in [0.05, 0.1) is 5.71 Å². The smallest absolute Gasteiger partial charge is 0.281 e. The molecule has 1 heterocycles. The van der Waals surface area contributed by atoms with Gasteiger partial charge >= 0.3 is 0 Å². The zero-order chi connectivity index (χ0) is 13.2. The van der Waals surface area contributed by atoms with Gasteiger partial charge in [-0.05, 0) is 51.5 Å². The van der Waals surface area contributed by atoms with Crippen LogP contribution in [0.5, 0.6) is 0 Å². The molecule has 1 aromatic heterocycles. The van der Waals surface area contributed by atoms with Gasteiger partial charge in [0.1, 0.15) is 0 Å². The summed E-state index contributed by atoms with van der Waals surface area (Å²) >= 11 is 0. The van der Waals surface area contributed by atoms with E-state index in [1.54, 1.807) is 0 Å². The molecule has 1 amide bonds. The van der Waals surface area contributed by atoms with Gasteiger partial charge in [-0.1, -0.05) is 5.57 Å². The molecule has 1 aromatic rings. The lowest BCUT2D eigenvalue weighted by Gasteiger charge is -2.10. The number of hydrogen-bond acceptors (Lipinski definition) is 3. The third-order valence-corrected chi connectivity index (χ3v) is 3.76. The molecule has 5 nitrogen and oxygen atoms in total. The molecule has 0 unspecified atom stereocenters. The molecule has 0 fully saturated rings. The minimum Gasteiger partial charge on any atom is -0.281 e. The molecular formula is C14H18N4O. The number of carbonyl (C=O) groups excluding carboxylic acids is 1. The Hall–Kier alpha value is -1.91. The standard InChI is InChI=1S/C14H18N4O/c1-9-6-7-10(8-9)15-18-14(19)13-11-4-2-3-5-12(11)16-17-13/h8H,2-7H2,1H3,(H,16,17)(H,18,19)/b15-10-. The predicted molar refractivity (Wildman–Crippen MR) is 73.1 cm³/mol. The first-order valence-corrected chi connectivity index (χ1v) is 6.84. The summed E-state index contributed by atoms with van der Waals surface area (Å²) in [5, 5.41) is 11.3. The number of H-pyrrole nitrogens is 1. The maximum absolute atomic E-state index is 12.1. The van der Waals surface area contributed by atoms with Crippen molar-refractivity contribution in [2.75, 3.05) is 0 Å². The van der Waals surface area contributed by atoms with Crippen molar-refractivity contribution in [3.63, 3.8) is 0 Å². The average Bonchev–Trinajstić information content (AvgIpc) is 3.02. The van der Waals surface area contributed by atoms with Crippen molar-refractivity contribution in [2.45, 2.75) is 45.4 Å². The lowest BCUT2D eigenvalue weighted by Crippen LogP contribution is -2.21. The summed E-state index contributed by atoms with van der Waals surface area (Å²) in [6, 6.07) is 0. The van der Waals surface area contributed by atoms with E-state index in [-0.39, 0.29) is 5.91 Å². The summed E-state index contributed by atoms with van der Waals surface area (Å²) in [6.07, 6.45) is 8.19. The first kappa shape index (κ1) is 12.1. The summed E-state index contributed by atoms with van der Waals surface area (Å²) in [5.41, 5.74) is 7.56. The van der Waals surface area contributed by atoms with Crippen LogP contribution in [0.2, 0.25) is 0 Å². The Balaban J connectivity index is 1.73. The lowest BCUT2D eigenvalue weighted by molar-refractivity contribution is 0.0948. The first-order chi connectivity index (χ1) is 9.24. The number of nitrogens with one attached hydrogen (secondary N) is 2. The Kier molecular flexibility index (Phi) is 3.19. The van der Waals surface area contributed by atoms with E-state index in [2.05, 4.69) is 27.6 Å². The van der Waals surface area contributed by atoms with E-state index in [4.69, 9.17) is 0 Å². The number of carbonyl (C=O) groups is 1. The van der Waals surface area contributed by atoms with Crippen LogP contribution in [-0.2, 0) is 12.8 Å². The molecule has 0 bridgehead atoms. The molecule has 2 aliphatic carbocycles. The van der Waals surface area contributed by atoms with Crippen LogP contribution >= 0.6 is 0 Å². The van der Waals surface area contributed by atoms with E-state index in [0.29, 0.717) is 5.69 Å². The summed E-state index contributed by atoms with van der Waals surface area (Å²) in [5.74, 6) is -0.204. The van der Waals surface area contributed by atoms with E-state index < -0.39 is 0 Å². The molecule has 0 saturated heterocycles. The number of aromatic amines is 1. The van der Waals surface area contributed by atoms with E-state index >= 15 is 0 Å². The van der Waals surface area contributed by atoms with Gasteiger partial charge in [0, 0.05) is 11.3 Å². The van der Waals surface area contributed by atoms with Crippen LogP contribution in [0.4, 0.5) is 0 Å². The minimum absolute atomic E-state index is 0.204. The second-order valence-electron chi connectivity index (χ2n) is 5.27. The Morgan fingerprint density at radius 1 is 1.32 bits per heavy atom. The monoisotopic (exact) mass is 258 g/mol. The summed E-state index contributed by atoms with van der Waals surface area (Å²) < 4.78 is 0. The van der Waals surface area contributed by atoms with Crippen molar-refractivity contribution in [1.82, 2.24) is 15.6 Å². The van der Waals surface area contributed by atoms with Crippen molar-refractivity contribution < 1.29 is 4.79 Å². The largest absolute Gasteiger partial charge is 0.292 e. The average molecular weight is 258 g/mol. The van der Waals surface area contributed by atoms with Crippen LogP contribution in [-0.4, -0.2) is 21.8 Å². The van der Waals surface area contributed by atoms with Crippen molar-refractivity contribution in [1.29, 1.82) is 0 Å². The topological polar surface area (TPSA) is 70.1 Å². The molecule has 2 aliphatic rings. The molecule has 3 rings (SSSR count). The number of aromatic nitrogens is 2. The third-order valence-electron chi connectivity index (χ3n) is 3.76. The highest BCUT2D eigenvalue weighted by molar-refractivity contribution is 6.00. The van der Waals surface area contributed by atoms with Gasteiger partial charge in [0.15, 0.2) is 5.69 Å². The maximum Gasteiger partial charge on any atom is 0.292 e. The Morgan fingerprint density at radius 3 is 2.95 bits per heavy atom. The Morgan fingerprint density at radius 2 is 2.16 bits per heavy atom. The van der Waals surface area contributed by atoms with Gasteiger partial charge < -0.3 is 0 Å². The van der Waals surface area contributed by atoms with Crippen LogP contribution in [0.15, 0.2) is 16.8 Å². The Labute approximate surface area is 112 Å². The number of hydrogen-bond donors (Lipinski definition) is 2. The quantitative estimate of drug-likeness (QED) is 0.798. The zero-order valence-electron chi connectivity index (χ0n) is 11.1. The van der Waals surface area contributed by atoms with Crippen molar-refractivity contribution in [3.05, 3.63) is 28.6 Å². The van der Waals surface area contributed by atoms with Gasteiger partial charge in [-0.2, -0.15) is 10.2 Å². The number of nitrogens with zero attached hydrogens (tertiary/aromatic N) is 2. The highest BCUT2D eigenvalue weighted by atomic mass is 16.2. The SMILES string of the molecule is CC1=C/C(=N\NC(=O)c2n[nH]c3c2CCCC3)CC1. The first-order valence-electron chi connectivity index (χ1n) is 6.84. The summed E-state index contributed by atoms with van der Waals surface area (Å²) in [4.78, 5) is 12.1. The number of rotatable bonds is 2. The summed E-state index contributed by atoms with van der Waals surface area (Å²) in [6.45, 7) is 2.08. The molecule has 0 aliphatic heterocycles. The van der Waals surface area contributed by atoms with Crippen molar-refractivity contribution in [3.8, 4) is 0 Å². The van der Waals surface area contributed by atoms with Crippen LogP contribution in [0.25, 0.3) is 0 Å². The molecule has 2 N–H and O–H groups in total. The van der Waals surface area contributed by atoms with E-state index in [9.17, 15) is 4.79 Å². The molecule has 5 heteroatoms. The number of aryl methyl sites for hydroxylation is 1. The second kappa shape index (κ2) is 4.99. The highest BCUT2D eigenvalue weighted by Gasteiger charge is 2.21. The normalized spacial score (nSPS) is 20.3.